The molecule has 0 spiro atoms. The van der Waals surface area contributed by atoms with Crippen LogP contribution in [0, 0.1) is 5.82 Å². The number of morpholine rings is 1. The molecule has 6 heteroatoms. The minimum atomic E-state index is -0.558. The van der Waals surface area contributed by atoms with Crippen molar-refractivity contribution in [3.63, 3.8) is 0 Å². The number of aromatic nitrogens is 1. The second kappa shape index (κ2) is 6.07. The third-order valence-corrected chi connectivity index (χ3v) is 4.40. The van der Waals surface area contributed by atoms with E-state index in [2.05, 4.69) is 16.8 Å². The summed E-state index contributed by atoms with van der Waals surface area (Å²) in [5, 5.41) is 0. The molecule has 0 saturated carbocycles. The molecule has 0 bridgehead atoms. The molecule has 21 heavy (non-hydrogen) atoms. The van der Waals surface area contributed by atoms with E-state index >= 15 is 0 Å². The van der Waals surface area contributed by atoms with Gasteiger partial charge in [-0.25, -0.2) is 4.39 Å². The van der Waals surface area contributed by atoms with Gasteiger partial charge < -0.3 is 9.64 Å². The van der Waals surface area contributed by atoms with Crippen LogP contribution in [0.1, 0.15) is 23.7 Å². The lowest BCUT2D eigenvalue weighted by Gasteiger charge is -2.46. The fourth-order valence-electron chi connectivity index (χ4n) is 3.24. The quantitative estimate of drug-likeness (QED) is 0.821. The largest absolute Gasteiger partial charge is 0.375 e. The van der Waals surface area contributed by atoms with Crippen molar-refractivity contribution in [3.8, 4) is 0 Å². The van der Waals surface area contributed by atoms with Gasteiger partial charge in [0, 0.05) is 25.8 Å². The molecular formula is C15H20FN3O2. The number of carbonyl (C=O) groups excluding carboxylic acids is 1. The molecule has 1 amide bonds. The van der Waals surface area contributed by atoms with Crippen LogP contribution >= 0.6 is 0 Å². The number of ether oxygens (including phenoxy) is 1. The summed E-state index contributed by atoms with van der Waals surface area (Å²) >= 11 is 0. The van der Waals surface area contributed by atoms with Gasteiger partial charge in [0.05, 0.1) is 30.5 Å². The van der Waals surface area contributed by atoms with E-state index in [9.17, 15) is 9.18 Å². The minimum absolute atomic E-state index is 0.100. The first kappa shape index (κ1) is 14.4. The summed E-state index contributed by atoms with van der Waals surface area (Å²) in [6.07, 6.45) is 3.53. The summed E-state index contributed by atoms with van der Waals surface area (Å²) in [7, 11) is 0. The Morgan fingerprint density at radius 3 is 3.14 bits per heavy atom. The molecule has 3 heterocycles. The van der Waals surface area contributed by atoms with Crippen molar-refractivity contribution in [1.82, 2.24) is 14.8 Å². The Hall–Kier alpha value is -1.53. The van der Waals surface area contributed by atoms with Crippen molar-refractivity contribution < 1.29 is 13.9 Å². The van der Waals surface area contributed by atoms with Crippen molar-refractivity contribution in [2.45, 2.75) is 25.5 Å². The molecule has 3 rings (SSSR count). The van der Waals surface area contributed by atoms with Crippen molar-refractivity contribution >= 4 is 5.91 Å². The molecule has 0 N–H and O–H groups in total. The van der Waals surface area contributed by atoms with E-state index < -0.39 is 5.82 Å². The topological polar surface area (TPSA) is 45.7 Å². The number of amides is 1. The highest BCUT2D eigenvalue weighted by molar-refractivity contribution is 5.94. The maximum absolute atomic E-state index is 13.7. The lowest BCUT2D eigenvalue weighted by Crippen LogP contribution is -2.60. The molecule has 2 aliphatic heterocycles. The fourth-order valence-corrected chi connectivity index (χ4v) is 3.24. The highest BCUT2D eigenvalue weighted by Gasteiger charge is 2.38. The van der Waals surface area contributed by atoms with Gasteiger partial charge in [-0.05, 0) is 19.0 Å². The number of hydrogen-bond acceptors (Lipinski definition) is 4. The van der Waals surface area contributed by atoms with Gasteiger partial charge in [-0.2, -0.15) is 0 Å². The lowest BCUT2D eigenvalue weighted by molar-refractivity contribution is -0.0962. The fraction of sp³-hybridized carbons (Fsp3) is 0.600. The molecule has 0 radical (unpaired) electrons. The van der Waals surface area contributed by atoms with E-state index in [-0.39, 0.29) is 23.6 Å². The Morgan fingerprint density at radius 2 is 2.38 bits per heavy atom. The molecule has 5 nitrogen and oxygen atoms in total. The van der Waals surface area contributed by atoms with E-state index in [0.29, 0.717) is 13.1 Å². The Bertz CT molecular complexity index is 519. The molecule has 1 aromatic rings. The second-order valence-corrected chi connectivity index (χ2v) is 5.50. The number of nitrogens with zero attached hydrogens (tertiary/aromatic N) is 3. The summed E-state index contributed by atoms with van der Waals surface area (Å²) in [6, 6.07) is 1.66. The first-order chi connectivity index (χ1) is 10.2. The lowest BCUT2D eigenvalue weighted by atomic mass is 9.98. The maximum Gasteiger partial charge on any atom is 0.257 e. The van der Waals surface area contributed by atoms with Gasteiger partial charge in [0.2, 0.25) is 0 Å². The molecular weight excluding hydrogens is 273 g/mol. The van der Waals surface area contributed by atoms with E-state index in [1.54, 1.807) is 4.90 Å². The number of halogens is 1. The van der Waals surface area contributed by atoms with E-state index in [0.717, 1.165) is 32.3 Å². The highest BCUT2D eigenvalue weighted by atomic mass is 19.1. The summed E-state index contributed by atoms with van der Waals surface area (Å²) in [5.41, 5.74) is 0.100. The number of fused-ring (bicyclic) bond motifs is 1. The third-order valence-electron chi connectivity index (χ3n) is 4.40. The molecule has 0 aliphatic carbocycles. The predicted molar refractivity (Wildman–Crippen MR) is 75.5 cm³/mol. The van der Waals surface area contributed by atoms with Crippen LogP contribution in [0.2, 0.25) is 0 Å². The normalized spacial score (nSPS) is 26.5. The molecule has 114 valence electrons. The van der Waals surface area contributed by atoms with Crippen LogP contribution in [0.25, 0.3) is 0 Å². The van der Waals surface area contributed by atoms with Crippen molar-refractivity contribution in [2.24, 2.45) is 0 Å². The average Bonchev–Trinajstić information content (AvgIpc) is 2.53. The zero-order chi connectivity index (χ0) is 14.8. The predicted octanol–water partition coefficient (Wildman–Crippen LogP) is 1.16. The van der Waals surface area contributed by atoms with Crippen LogP contribution in [-0.2, 0) is 4.74 Å². The second-order valence-electron chi connectivity index (χ2n) is 5.50. The molecule has 2 saturated heterocycles. The Balaban J connectivity index is 1.75. The third kappa shape index (κ3) is 2.78. The molecule has 0 unspecified atom stereocenters. The maximum atomic E-state index is 13.7. The zero-order valence-corrected chi connectivity index (χ0v) is 12.2. The standard InChI is InChI=1S/C15H20FN3O2/c1-2-18-7-8-21-14-4-6-19(10-13(14)18)15(20)11-3-5-17-9-12(11)16/h3,5,9,13-14H,2,4,6-8,10H2,1H3/t13-,14-/m1/s1. The SMILES string of the molecule is CCN1CCO[C@@H]2CCN(C(=O)c3ccncc3F)C[C@H]21. The summed E-state index contributed by atoms with van der Waals surface area (Å²) in [4.78, 5) is 20.3. The van der Waals surface area contributed by atoms with Crippen LogP contribution in [0.15, 0.2) is 18.5 Å². The van der Waals surface area contributed by atoms with E-state index in [1.165, 1.54) is 12.3 Å². The Labute approximate surface area is 123 Å². The van der Waals surface area contributed by atoms with Gasteiger partial charge >= 0.3 is 0 Å². The van der Waals surface area contributed by atoms with E-state index in [4.69, 9.17) is 4.74 Å². The van der Waals surface area contributed by atoms with Gasteiger partial charge in [-0.15, -0.1) is 0 Å². The zero-order valence-electron chi connectivity index (χ0n) is 12.2. The number of rotatable bonds is 2. The molecule has 2 fully saturated rings. The number of carbonyl (C=O) groups is 1. The highest BCUT2D eigenvalue weighted by Crippen LogP contribution is 2.24. The molecule has 0 aromatic carbocycles. The molecule has 2 atom stereocenters. The first-order valence-corrected chi connectivity index (χ1v) is 7.45. The smallest absolute Gasteiger partial charge is 0.257 e. The number of piperidine rings is 1. The monoisotopic (exact) mass is 293 g/mol. The van der Waals surface area contributed by atoms with Crippen LogP contribution < -0.4 is 0 Å². The molecule has 2 aliphatic rings. The van der Waals surface area contributed by atoms with E-state index in [1.807, 2.05) is 0 Å². The van der Waals surface area contributed by atoms with Gasteiger partial charge in [0.15, 0.2) is 5.82 Å². The van der Waals surface area contributed by atoms with Crippen molar-refractivity contribution in [3.05, 3.63) is 29.8 Å². The van der Waals surface area contributed by atoms with Crippen LogP contribution in [0.4, 0.5) is 4.39 Å². The summed E-state index contributed by atoms with van der Waals surface area (Å²) in [6.45, 7) is 5.91. The minimum Gasteiger partial charge on any atom is -0.375 e. The van der Waals surface area contributed by atoms with Crippen LogP contribution in [-0.4, -0.2) is 65.6 Å². The Kier molecular flexibility index (Phi) is 4.17. The number of pyridine rings is 1. The number of likely N-dealkylation sites (N-methyl/N-ethyl adjacent to an activating group) is 1. The van der Waals surface area contributed by atoms with Gasteiger partial charge in [0.25, 0.3) is 5.91 Å². The molecule has 1 aromatic heterocycles. The van der Waals surface area contributed by atoms with Gasteiger partial charge in [0.1, 0.15) is 0 Å². The van der Waals surface area contributed by atoms with Crippen molar-refractivity contribution in [2.75, 3.05) is 32.8 Å². The van der Waals surface area contributed by atoms with Gasteiger partial charge in [-0.3, -0.25) is 14.7 Å². The van der Waals surface area contributed by atoms with Gasteiger partial charge in [-0.1, -0.05) is 6.92 Å². The summed E-state index contributed by atoms with van der Waals surface area (Å²) in [5.74, 6) is -0.813. The first-order valence-electron chi connectivity index (χ1n) is 7.45. The summed E-state index contributed by atoms with van der Waals surface area (Å²) < 4.78 is 19.5. The Morgan fingerprint density at radius 1 is 1.52 bits per heavy atom. The van der Waals surface area contributed by atoms with Crippen LogP contribution in [0.3, 0.4) is 0 Å². The average molecular weight is 293 g/mol. The van der Waals surface area contributed by atoms with Crippen molar-refractivity contribution in [1.29, 1.82) is 0 Å². The number of likely N-dealkylation sites (tertiary alicyclic amines) is 1. The van der Waals surface area contributed by atoms with Crippen LogP contribution in [0.5, 0.6) is 0 Å². The number of hydrogen-bond donors (Lipinski definition) is 0.